The molecule has 1 atom stereocenters. The Kier molecular flexibility index (Phi) is 5.15. The monoisotopic (exact) mass is 398 g/mol. The van der Waals surface area contributed by atoms with Gasteiger partial charge in [-0.3, -0.25) is 14.8 Å². The molecule has 1 aliphatic heterocycles. The Balaban J connectivity index is 1.61. The average molecular weight is 398 g/mol. The van der Waals surface area contributed by atoms with Crippen molar-refractivity contribution in [1.82, 2.24) is 15.1 Å². The van der Waals surface area contributed by atoms with Crippen molar-refractivity contribution < 1.29 is 14.3 Å². The van der Waals surface area contributed by atoms with Crippen LogP contribution in [0.1, 0.15) is 50.0 Å². The van der Waals surface area contributed by atoms with Gasteiger partial charge in [-0.2, -0.15) is 5.10 Å². The number of esters is 1. The van der Waals surface area contributed by atoms with Crippen LogP contribution >= 0.6 is 11.3 Å². The molecule has 0 spiro atoms. The summed E-state index contributed by atoms with van der Waals surface area (Å²) in [4.78, 5) is 27.0. The average Bonchev–Trinajstić information content (AvgIpc) is 3.33. The van der Waals surface area contributed by atoms with Crippen LogP contribution in [0.15, 0.2) is 30.5 Å². The van der Waals surface area contributed by atoms with Gasteiger partial charge in [-0.25, -0.2) is 4.79 Å². The lowest BCUT2D eigenvalue weighted by Gasteiger charge is -2.32. The summed E-state index contributed by atoms with van der Waals surface area (Å²) in [5, 5.41) is 8.05. The number of aromatic amines is 1. The molecule has 1 aliphatic rings. The molecule has 4 rings (SSSR count). The van der Waals surface area contributed by atoms with Crippen LogP contribution in [0.2, 0.25) is 0 Å². The van der Waals surface area contributed by atoms with Crippen LogP contribution in [0.3, 0.4) is 0 Å². The third-order valence-corrected chi connectivity index (χ3v) is 6.49. The fourth-order valence-electron chi connectivity index (χ4n) is 3.98. The number of amides is 1. The summed E-state index contributed by atoms with van der Waals surface area (Å²) in [7, 11) is 1.41. The number of aromatic nitrogens is 2. The molecule has 0 saturated carbocycles. The number of carbonyl (C=O) groups excluding carboxylic acids is 2. The molecule has 7 nitrogen and oxygen atoms in total. The lowest BCUT2D eigenvalue weighted by molar-refractivity contribution is 0.0603. The summed E-state index contributed by atoms with van der Waals surface area (Å²) < 4.78 is 6.09. The second-order valence-corrected chi connectivity index (χ2v) is 8.09. The van der Waals surface area contributed by atoms with Gasteiger partial charge in [0.25, 0.3) is 5.91 Å². The first-order valence-corrected chi connectivity index (χ1v) is 10.0. The number of carbonyl (C=O) groups is 2. The van der Waals surface area contributed by atoms with Gasteiger partial charge in [0.2, 0.25) is 0 Å². The van der Waals surface area contributed by atoms with E-state index in [2.05, 4.69) is 21.2 Å². The van der Waals surface area contributed by atoms with Crippen molar-refractivity contribution in [3.63, 3.8) is 0 Å². The molecule has 0 bridgehead atoms. The second kappa shape index (κ2) is 7.73. The molecule has 28 heavy (non-hydrogen) atoms. The van der Waals surface area contributed by atoms with Crippen LogP contribution in [0, 0.1) is 0 Å². The van der Waals surface area contributed by atoms with Gasteiger partial charge in [0, 0.05) is 23.7 Å². The van der Waals surface area contributed by atoms with Crippen molar-refractivity contribution in [2.24, 2.45) is 5.73 Å². The number of piperidine rings is 1. The third kappa shape index (κ3) is 3.41. The lowest BCUT2D eigenvalue weighted by atomic mass is 9.92. The first kappa shape index (κ1) is 18.6. The van der Waals surface area contributed by atoms with Crippen molar-refractivity contribution in [3.8, 4) is 0 Å². The minimum Gasteiger partial charge on any atom is -0.465 e. The van der Waals surface area contributed by atoms with Gasteiger partial charge in [-0.05, 0) is 36.4 Å². The minimum absolute atomic E-state index is 0.158. The zero-order chi connectivity index (χ0) is 19.7. The van der Waals surface area contributed by atoms with Crippen molar-refractivity contribution in [3.05, 3.63) is 52.2 Å². The third-order valence-electron chi connectivity index (χ3n) is 5.30. The molecule has 3 N–H and O–H groups in total. The Morgan fingerprint density at radius 2 is 2.21 bits per heavy atom. The number of hydrogen-bond donors (Lipinski definition) is 2. The number of methoxy groups -OCH3 is 1. The van der Waals surface area contributed by atoms with Crippen LogP contribution in [0.5, 0.6) is 0 Å². The van der Waals surface area contributed by atoms with Crippen molar-refractivity contribution in [1.29, 1.82) is 0 Å². The summed E-state index contributed by atoms with van der Waals surface area (Å²) in [6, 6.07) is 8.04. The summed E-state index contributed by atoms with van der Waals surface area (Å²) >= 11 is 1.47. The van der Waals surface area contributed by atoms with Crippen molar-refractivity contribution in [2.45, 2.75) is 25.3 Å². The van der Waals surface area contributed by atoms with Crippen LogP contribution < -0.4 is 5.73 Å². The van der Waals surface area contributed by atoms with E-state index in [0.717, 1.165) is 47.3 Å². The van der Waals surface area contributed by atoms with Crippen molar-refractivity contribution in [2.75, 3.05) is 20.2 Å². The van der Waals surface area contributed by atoms with E-state index in [1.165, 1.54) is 24.6 Å². The second-order valence-electron chi connectivity index (χ2n) is 7.03. The van der Waals surface area contributed by atoms with E-state index < -0.39 is 5.91 Å². The molecule has 0 radical (unpaired) electrons. The molecule has 3 heterocycles. The molecular weight excluding hydrogens is 376 g/mol. The molecule has 1 saturated heterocycles. The predicted octanol–water partition coefficient (Wildman–Crippen LogP) is 2.89. The lowest BCUT2D eigenvalue weighted by Crippen LogP contribution is -2.35. The quantitative estimate of drug-likeness (QED) is 0.644. The minimum atomic E-state index is -0.460. The number of rotatable bonds is 5. The number of benzene rings is 1. The first-order valence-electron chi connectivity index (χ1n) is 9.22. The van der Waals surface area contributed by atoms with Crippen LogP contribution in [0.25, 0.3) is 10.1 Å². The maximum atomic E-state index is 12.3. The Bertz CT molecular complexity index is 1030. The number of ether oxygens (including phenoxy) is 1. The van der Waals surface area contributed by atoms with E-state index in [1.807, 2.05) is 18.2 Å². The highest BCUT2D eigenvalue weighted by molar-refractivity contribution is 7.21. The first-order chi connectivity index (χ1) is 13.6. The van der Waals surface area contributed by atoms with Crippen molar-refractivity contribution >= 4 is 33.3 Å². The van der Waals surface area contributed by atoms with Gasteiger partial charge in [0.1, 0.15) is 4.88 Å². The number of nitrogens with zero attached hydrogens (tertiary/aromatic N) is 2. The Morgan fingerprint density at radius 1 is 1.39 bits per heavy atom. The normalized spacial score (nSPS) is 17.7. The molecule has 1 unspecified atom stereocenters. The number of hydrogen-bond acceptors (Lipinski definition) is 6. The number of nitrogens with one attached hydrogen (secondary N) is 1. The summed E-state index contributed by atoms with van der Waals surface area (Å²) in [5.74, 6) is -0.600. The van der Waals surface area contributed by atoms with E-state index in [9.17, 15) is 9.59 Å². The summed E-state index contributed by atoms with van der Waals surface area (Å²) in [6.07, 6.45) is 3.46. The highest BCUT2D eigenvalue weighted by Crippen LogP contribution is 2.35. The predicted molar refractivity (Wildman–Crippen MR) is 108 cm³/mol. The fraction of sp³-hybridized carbons (Fsp3) is 0.350. The number of H-pyrrole nitrogens is 1. The zero-order valence-corrected chi connectivity index (χ0v) is 16.4. The van der Waals surface area contributed by atoms with E-state index in [-0.39, 0.29) is 11.9 Å². The van der Waals surface area contributed by atoms with Gasteiger partial charge < -0.3 is 10.5 Å². The number of fused-ring (bicyclic) bond motifs is 1. The molecule has 3 aromatic rings. The number of thiophene rings is 1. The molecule has 0 aliphatic carbocycles. The zero-order valence-electron chi connectivity index (χ0n) is 15.6. The molecule has 1 amide bonds. The fourth-order valence-corrected chi connectivity index (χ4v) is 5.11. The SMILES string of the molecule is COC(=O)c1sc2ccccc2c1CN1CCCC(c2[nH]ncc2C(N)=O)C1. The highest BCUT2D eigenvalue weighted by Gasteiger charge is 2.28. The molecule has 8 heteroatoms. The molecule has 2 aromatic heterocycles. The van der Waals surface area contributed by atoms with Gasteiger partial charge in [0.15, 0.2) is 0 Å². The van der Waals surface area contributed by atoms with Gasteiger partial charge >= 0.3 is 5.97 Å². The van der Waals surface area contributed by atoms with Gasteiger partial charge in [0.05, 0.1) is 24.6 Å². The maximum Gasteiger partial charge on any atom is 0.348 e. The van der Waals surface area contributed by atoms with Gasteiger partial charge in [-0.15, -0.1) is 11.3 Å². The number of likely N-dealkylation sites (tertiary alicyclic amines) is 1. The molecular formula is C20H22N4O3S. The molecule has 146 valence electrons. The van der Waals surface area contributed by atoms with E-state index >= 15 is 0 Å². The van der Waals surface area contributed by atoms with E-state index in [1.54, 1.807) is 0 Å². The Hall–Kier alpha value is -2.71. The standard InChI is InChI=1S/C20H22N4O3S/c1-27-20(26)18-15(13-6-2-3-7-16(13)28-18)11-24-8-4-5-12(10-24)17-14(19(21)25)9-22-23-17/h2-3,6-7,9,12H,4-5,8,10-11H2,1H3,(H2,21,25)(H,22,23). The molecule has 1 fully saturated rings. The topological polar surface area (TPSA) is 101 Å². The smallest absolute Gasteiger partial charge is 0.348 e. The Labute approximate surface area is 166 Å². The summed E-state index contributed by atoms with van der Waals surface area (Å²) in [5.41, 5.74) is 7.75. The summed E-state index contributed by atoms with van der Waals surface area (Å²) in [6.45, 7) is 2.36. The van der Waals surface area contributed by atoms with Crippen LogP contribution in [-0.4, -0.2) is 47.2 Å². The molecule has 1 aromatic carbocycles. The van der Waals surface area contributed by atoms with E-state index in [4.69, 9.17) is 10.5 Å². The highest BCUT2D eigenvalue weighted by atomic mass is 32.1. The maximum absolute atomic E-state index is 12.3. The van der Waals surface area contributed by atoms with Gasteiger partial charge in [-0.1, -0.05) is 18.2 Å². The number of primary amides is 1. The Morgan fingerprint density at radius 3 is 3.00 bits per heavy atom. The van der Waals surface area contributed by atoms with Crippen LogP contribution in [0.4, 0.5) is 0 Å². The van der Waals surface area contributed by atoms with Crippen LogP contribution in [-0.2, 0) is 11.3 Å². The largest absolute Gasteiger partial charge is 0.465 e. The number of nitrogens with two attached hydrogens (primary N) is 1. The van der Waals surface area contributed by atoms with E-state index in [0.29, 0.717) is 17.0 Å².